The number of ether oxygens (including phenoxy) is 1. The monoisotopic (exact) mass is 266 g/mol. The number of fused-ring (bicyclic) bond motifs is 1. The standard InChI is InChI=1S/C14H22N2OS/c1(4-15-7-9-17-10-8-15)5-16-6-2-14-13(12-16)3-11-18-14/h3,11H,1-2,4-10,12H2. The molecule has 1 saturated heterocycles. The van der Waals surface area contributed by atoms with E-state index < -0.39 is 0 Å². The fourth-order valence-electron chi connectivity index (χ4n) is 2.84. The highest BCUT2D eigenvalue weighted by Crippen LogP contribution is 2.23. The lowest BCUT2D eigenvalue weighted by atomic mass is 10.1. The van der Waals surface area contributed by atoms with Crippen LogP contribution in [0.1, 0.15) is 16.9 Å². The zero-order chi connectivity index (χ0) is 12.2. The lowest BCUT2D eigenvalue weighted by molar-refractivity contribution is 0.0359. The van der Waals surface area contributed by atoms with Gasteiger partial charge in [-0.2, -0.15) is 0 Å². The lowest BCUT2D eigenvalue weighted by Gasteiger charge is -2.29. The Morgan fingerprint density at radius 3 is 2.83 bits per heavy atom. The Morgan fingerprint density at radius 1 is 1.11 bits per heavy atom. The first kappa shape index (κ1) is 12.6. The topological polar surface area (TPSA) is 15.7 Å². The van der Waals surface area contributed by atoms with E-state index in [-0.39, 0.29) is 0 Å². The van der Waals surface area contributed by atoms with Crippen LogP contribution in [0.25, 0.3) is 0 Å². The summed E-state index contributed by atoms with van der Waals surface area (Å²) in [4.78, 5) is 6.75. The van der Waals surface area contributed by atoms with Crippen molar-refractivity contribution < 1.29 is 4.74 Å². The van der Waals surface area contributed by atoms with Crippen molar-refractivity contribution in [2.45, 2.75) is 19.4 Å². The summed E-state index contributed by atoms with van der Waals surface area (Å²) in [5.74, 6) is 0. The average Bonchev–Trinajstić information content (AvgIpc) is 2.87. The molecule has 0 spiro atoms. The molecule has 0 aliphatic carbocycles. The molecule has 0 unspecified atom stereocenters. The van der Waals surface area contributed by atoms with Gasteiger partial charge in [-0.25, -0.2) is 0 Å². The predicted octanol–water partition coefficient (Wildman–Crippen LogP) is 1.83. The number of morpholine rings is 1. The third-order valence-corrected chi connectivity index (χ3v) is 4.96. The van der Waals surface area contributed by atoms with Gasteiger partial charge in [-0.3, -0.25) is 9.80 Å². The Labute approximate surface area is 113 Å². The highest BCUT2D eigenvalue weighted by Gasteiger charge is 2.17. The van der Waals surface area contributed by atoms with Crippen molar-refractivity contribution in [3.05, 3.63) is 21.9 Å². The van der Waals surface area contributed by atoms with E-state index in [9.17, 15) is 0 Å². The maximum Gasteiger partial charge on any atom is 0.0594 e. The van der Waals surface area contributed by atoms with Crippen molar-refractivity contribution in [1.29, 1.82) is 0 Å². The summed E-state index contributed by atoms with van der Waals surface area (Å²) < 4.78 is 5.38. The van der Waals surface area contributed by atoms with Crippen LogP contribution >= 0.6 is 11.3 Å². The van der Waals surface area contributed by atoms with Crippen molar-refractivity contribution in [3.63, 3.8) is 0 Å². The molecule has 0 aromatic carbocycles. The molecule has 0 bridgehead atoms. The first-order chi connectivity index (χ1) is 8.92. The molecule has 0 N–H and O–H groups in total. The molecule has 0 amide bonds. The minimum atomic E-state index is 0.919. The Kier molecular flexibility index (Phi) is 4.31. The minimum Gasteiger partial charge on any atom is -0.379 e. The molecule has 1 aromatic heterocycles. The molecule has 18 heavy (non-hydrogen) atoms. The van der Waals surface area contributed by atoms with Gasteiger partial charge in [-0.1, -0.05) is 0 Å². The fraction of sp³-hybridized carbons (Fsp3) is 0.714. The molecule has 100 valence electrons. The number of hydrogen-bond donors (Lipinski definition) is 0. The summed E-state index contributed by atoms with van der Waals surface area (Å²) in [7, 11) is 0. The third-order valence-electron chi connectivity index (χ3n) is 3.94. The van der Waals surface area contributed by atoms with Gasteiger partial charge >= 0.3 is 0 Å². The molecule has 3 heterocycles. The smallest absolute Gasteiger partial charge is 0.0594 e. The van der Waals surface area contributed by atoms with Crippen LogP contribution < -0.4 is 0 Å². The molecule has 0 atom stereocenters. The number of thiophene rings is 1. The van der Waals surface area contributed by atoms with E-state index in [4.69, 9.17) is 4.74 Å². The van der Waals surface area contributed by atoms with Crippen LogP contribution in [0, 0.1) is 0 Å². The highest BCUT2D eigenvalue weighted by atomic mass is 32.1. The van der Waals surface area contributed by atoms with Crippen molar-refractivity contribution in [1.82, 2.24) is 9.80 Å². The van der Waals surface area contributed by atoms with Gasteiger partial charge in [0.1, 0.15) is 0 Å². The van der Waals surface area contributed by atoms with E-state index in [1.165, 1.54) is 39.0 Å². The molecular weight excluding hydrogens is 244 g/mol. The van der Waals surface area contributed by atoms with Gasteiger partial charge < -0.3 is 4.74 Å². The van der Waals surface area contributed by atoms with Crippen LogP contribution in [0.2, 0.25) is 0 Å². The number of rotatable bonds is 4. The van der Waals surface area contributed by atoms with Gasteiger partial charge in [0.05, 0.1) is 13.2 Å². The van der Waals surface area contributed by atoms with Gasteiger partial charge in [0.25, 0.3) is 0 Å². The van der Waals surface area contributed by atoms with Gasteiger partial charge in [-0.15, -0.1) is 11.3 Å². The van der Waals surface area contributed by atoms with Crippen LogP contribution in [0.3, 0.4) is 0 Å². The van der Waals surface area contributed by atoms with E-state index >= 15 is 0 Å². The summed E-state index contributed by atoms with van der Waals surface area (Å²) in [6, 6.07) is 2.30. The zero-order valence-electron chi connectivity index (χ0n) is 10.9. The Hall–Kier alpha value is -0.420. The van der Waals surface area contributed by atoms with Crippen LogP contribution in [0.4, 0.5) is 0 Å². The first-order valence-corrected chi connectivity index (χ1v) is 7.87. The molecule has 3 rings (SSSR count). The number of nitrogens with zero attached hydrogens (tertiary/aromatic N) is 2. The second-order valence-electron chi connectivity index (χ2n) is 5.20. The maximum absolute atomic E-state index is 5.38. The highest BCUT2D eigenvalue weighted by molar-refractivity contribution is 7.10. The quantitative estimate of drug-likeness (QED) is 0.827. The lowest BCUT2D eigenvalue weighted by Crippen LogP contribution is -2.38. The zero-order valence-corrected chi connectivity index (χ0v) is 11.8. The molecule has 0 radical (unpaired) electrons. The Balaban J connectivity index is 1.39. The van der Waals surface area contributed by atoms with Crippen molar-refractivity contribution >= 4 is 11.3 Å². The van der Waals surface area contributed by atoms with Crippen molar-refractivity contribution in [2.75, 3.05) is 45.9 Å². The molecule has 0 saturated carbocycles. The van der Waals surface area contributed by atoms with Crippen LogP contribution in [0.5, 0.6) is 0 Å². The second kappa shape index (κ2) is 6.15. The van der Waals surface area contributed by atoms with Crippen molar-refractivity contribution in [2.24, 2.45) is 0 Å². The molecule has 1 fully saturated rings. The Morgan fingerprint density at radius 2 is 1.94 bits per heavy atom. The normalized spacial score (nSPS) is 22.0. The van der Waals surface area contributed by atoms with E-state index in [1.807, 2.05) is 11.3 Å². The van der Waals surface area contributed by atoms with Crippen LogP contribution in [0.15, 0.2) is 11.4 Å². The predicted molar refractivity (Wildman–Crippen MR) is 75.2 cm³/mol. The SMILES string of the molecule is c1cc2c(s1)CCN(CCCN1CCOCC1)C2. The molecule has 1 aromatic rings. The van der Waals surface area contributed by atoms with E-state index in [0.29, 0.717) is 0 Å². The summed E-state index contributed by atoms with van der Waals surface area (Å²) in [6.07, 6.45) is 2.55. The largest absolute Gasteiger partial charge is 0.379 e. The summed E-state index contributed by atoms with van der Waals surface area (Å²) in [5.41, 5.74) is 1.57. The minimum absolute atomic E-state index is 0.919. The van der Waals surface area contributed by atoms with E-state index in [0.717, 1.165) is 26.3 Å². The fourth-order valence-corrected chi connectivity index (χ4v) is 3.73. The second-order valence-corrected chi connectivity index (χ2v) is 6.20. The molecule has 2 aliphatic heterocycles. The van der Waals surface area contributed by atoms with Gasteiger partial charge in [0.15, 0.2) is 0 Å². The van der Waals surface area contributed by atoms with E-state index in [2.05, 4.69) is 21.2 Å². The molecule has 2 aliphatic rings. The number of hydrogen-bond acceptors (Lipinski definition) is 4. The maximum atomic E-state index is 5.38. The van der Waals surface area contributed by atoms with Crippen molar-refractivity contribution in [3.8, 4) is 0 Å². The van der Waals surface area contributed by atoms with Crippen LogP contribution in [-0.2, 0) is 17.7 Å². The van der Waals surface area contributed by atoms with Gasteiger partial charge in [-0.05, 0) is 42.9 Å². The average molecular weight is 266 g/mol. The molecule has 4 heteroatoms. The summed E-state index contributed by atoms with van der Waals surface area (Å²) in [5, 5.41) is 2.24. The van der Waals surface area contributed by atoms with Gasteiger partial charge in [0.2, 0.25) is 0 Å². The molecule has 3 nitrogen and oxygen atoms in total. The molecular formula is C14H22N2OS. The van der Waals surface area contributed by atoms with E-state index in [1.54, 1.807) is 10.4 Å². The van der Waals surface area contributed by atoms with Crippen LogP contribution in [-0.4, -0.2) is 55.7 Å². The Bertz CT molecular complexity index is 374. The summed E-state index contributed by atoms with van der Waals surface area (Å²) >= 11 is 1.93. The van der Waals surface area contributed by atoms with Gasteiger partial charge in [0, 0.05) is 31.1 Å². The first-order valence-electron chi connectivity index (χ1n) is 6.99. The summed E-state index contributed by atoms with van der Waals surface area (Å²) in [6.45, 7) is 8.97. The third kappa shape index (κ3) is 3.12.